The van der Waals surface area contributed by atoms with Gasteiger partial charge in [0.15, 0.2) is 0 Å². The van der Waals surface area contributed by atoms with Crippen LogP contribution in [0.3, 0.4) is 0 Å². The monoisotopic (exact) mass is 534 g/mol. The van der Waals surface area contributed by atoms with Crippen LogP contribution in [0.4, 0.5) is 5.13 Å². The minimum atomic E-state index is -0.377. The second-order valence-corrected chi connectivity index (χ2v) is 10.5. The molecule has 2 aliphatic heterocycles. The molecule has 162 valence electrons. The van der Waals surface area contributed by atoms with Gasteiger partial charge in [-0.2, -0.15) is 10.1 Å². The molecule has 0 aliphatic carbocycles. The molecule has 2 aliphatic rings. The fourth-order valence-electron chi connectivity index (χ4n) is 4.06. The zero-order valence-corrected chi connectivity index (χ0v) is 20.2. The lowest BCUT2D eigenvalue weighted by Crippen LogP contribution is -2.22. The van der Waals surface area contributed by atoms with E-state index in [2.05, 4.69) is 32.0 Å². The molecule has 6 rings (SSSR count). The number of halogens is 1. The van der Waals surface area contributed by atoms with Crippen LogP contribution in [-0.4, -0.2) is 21.7 Å². The quantitative estimate of drug-likeness (QED) is 0.421. The second-order valence-electron chi connectivity index (χ2n) is 7.60. The van der Waals surface area contributed by atoms with E-state index in [1.165, 1.54) is 11.3 Å². The van der Waals surface area contributed by atoms with Crippen molar-refractivity contribution >= 4 is 60.9 Å². The number of amides is 1. The first kappa shape index (κ1) is 20.5. The minimum Gasteiger partial charge on any atom is -0.492 e. The number of benzene rings is 2. The van der Waals surface area contributed by atoms with Gasteiger partial charge in [-0.15, -0.1) is 11.3 Å². The Morgan fingerprint density at radius 3 is 2.73 bits per heavy atom. The maximum Gasteiger partial charge on any atom is 0.279 e. The van der Waals surface area contributed by atoms with Crippen LogP contribution in [0.5, 0.6) is 5.88 Å². The molecule has 9 heteroatoms. The number of anilines is 1. The van der Waals surface area contributed by atoms with Crippen molar-refractivity contribution < 1.29 is 9.90 Å². The molecule has 33 heavy (non-hydrogen) atoms. The molecule has 1 N–H and O–H groups in total. The smallest absolute Gasteiger partial charge is 0.279 e. The van der Waals surface area contributed by atoms with E-state index >= 15 is 0 Å². The summed E-state index contributed by atoms with van der Waals surface area (Å²) in [5, 5.41) is 21.4. The zero-order valence-electron chi connectivity index (χ0n) is 17.0. The highest BCUT2D eigenvalue weighted by Gasteiger charge is 2.34. The van der Waals surface area contributed by atoms with E-state index in [0.29, 0.717) is 26.2 Å². The molecule has 0 fully saturated rings. The Labute approximate surface area is 205 Å². The molecule has 6 nitrogen and oxygen atoms in total. The summed E-state index contributed by atoms with van der Waals surface area (Å²) in [5.74, 6) is -0.562. The molecule has 0 bridgehead atoms. The van der Waals surface area contributed by atoms with E-state index in [-0.39, 0.29) is 17.8 Å². The first-order valence-electron chi connectivity index (χ1n) is 10.2. The number of hydrazone groups is 1. The van der Waals surface area contributed by atoms with Crippen molar-refractivity contribution in [3.05, 3.63) is 96.4 Å². The van der Waals surface area contributed by atoms with Gasteiger partial charge in [0, 0.05) is 21.0 Å². The summed E-state index contributed by atoms with van der Waals surface area (Å²) in [4.78, 5) is 22.9. The standard InChI is InChI=1S/C24H15BrN4O2S2/c25-14-8-9-16-15(11-14)20(22(30)26-16)21-23(31)27-24(33-21)29-18(19-7-4-10-32-19)12-17(28-29)13-5-2-1-3-6-13/h1-11,18,31H,12H2. The number of nitrogens with zero attached hydrogens (tertiary/aromatic N) is 4. The van der Waals surface area contributed by atoms with Crippen molar-refractivity contribution in [3.63, 3.8) is 0 Å². The summed E-state index contributed by atoms with van der Waals surface area (Å²) >= 11 is 6.37. The molecule has 4 heterocycles. The third kappa shape index (κ3) is 3.52. The van der Waals surface area contributed by atoms with Gasteiger partial charge in [0.2, 0.25) is 11.0 Å². The Morgan fingerprint density at radius 2 is 1.94 bits per heavy atom. The van der Waals surface area contributed by atoms with Crippen molar-refractivity contribution in [3.8, 4) is 5.88 Å². The lowest BCUT2D eigenvalue weighted by atomic mass is 10.0. The van der Waals surface area contributed by atoms with E-state index in [1.807, 2.05) is 58.9 Å². The van der Waals surface area contributed by atoms with Crippen LogP contribution in [0.25, 0.3) is 5.57 Å². The van der Waals surface area contributed by atoms with Crippen molar-refractivity contribution in [1.82, 2.24) is 4.98 Å². The lowest BCUT2D eigenvalue weighted by molar-refractivity contribution is -0.112. The maximum atomic E-state index is 12.7. The van der Waals surface area contributed by atoms with Gasteiger partial charge in [-0.1, -0.05) is 63.7 Å². The Morgan fingerprint density at radius 1 is 1.09 bits per heavy atom. The number of thiazole rings is 1. The molecule has 2 aromatic heterocycles. The molecule has 0 saturated carbocycles. The zero-order chi connectivity index (χ0) is 22.5. The number of rotatable bonds is 4. The summed E-state index contributed by atoms with van der Waals surface area (Å²) in [6, 6.07) is 19.6. The Bertz CT molecular complexity index is 1550. The number of thiophene rings is 1. The predicted octanol–water partition coefficient (Wildman–Crippen LogP) is 4.39. The van der Waals surface area contributed by atoms with Gasteiger partial charge in [0.05, 0.1) is 22.7 Å². The Kier molecular flexibility index (Phi) is 4.97. The number of fused-ring (bicyclic) bond motifs is 1. The van der Waals surface area contributed by atoms with Gasteiger partial charge >= 0.3 is 0 Å². The summed E-state index contributed by atoms with van der Waals surface area (Å²) in [6.45, 7) is 0. The molecule has 1 amide bonds. The molecule has 1 unspecified atom stereocenters. The summed E-state index contributed by atoms with van der Waals surface area (Å²) in [6.07, 6.45) is 0.723. The van der Waals surface area contributed by atoms with Gasteiger partial charge in [-0.3, -0.25) is 4.79 Å². The molecule has 4 aromatic rings. The average Bonchev–Trinajstić information content (AvgIpc) is 3.59. The topological polar surface area (TPSA) is 78.2 Å². The number of aromatic hydroxyl groups is 1. The SMILES string of the molecule is O=C1N=c2ccc(Br)cc2=C1c1sc(N2N=C(c3ccccc3)CC2c2cccs2)nc1O. The van der Waals surface area contributed by atoms with Crippen molar-refractivity contribution in [2.45, 2.75) is 12.5 Å². The van der Waals surface area contributed by atoms with E-state index < -0.39 is 0 Å². The number of carbonyl (C=O) groups excluding carboxylic acids is 1. The number of hydrogen-bond acceptors (Lipinski definition) is 7. The van der Waals surface area contributed by atoms with Crippen LogP contribution in [0.15, 0.2) is 80.6 Å². The van der Waals surface area contributed by atoms with E-state index in [1.54, 1.807) is 17.4 Å². The fraction of sp³-hybridized carbons (Fsp3) is 0.0833. The van der Waals surface area contributed by atoms with E-state index in [9.17, 15) is 9.90 Å². The van der Waals surface area contributed by atoms with Gasteiger partial charge in [-0.25, -0.2) is 10.0 Å². The largest absolute Gasteiger partial charge is 0.492 e. The summed E-state index contributed by atoms with van der Waals surface area (Å²) in [5.41, 5.74) is 2.38. The third-order valence-electron chi connectivity index (χ3n) is 5.57. The highest BCUT2D eigenvalue weighted by molar-refractivity contribution is 9.10. The Balaban J connectivity index is 1.48. The van der Waals surface area contributed by atoms with Crippen LogP contribution < -0.4 is 15.6 Å². The van der Waals surface area contributed by atoms with Gasteiger partial charge in [0.25, 0.3) is 5.91 Å². The van der Waals surface area contributed by atoms with E-state index in [0.717, 1.165) is 27.0 Å². The second kappa shape index (κ2) is 8.02. The number of carbonyl (C=O) groups is 1. The first-order chi connectivity index (χ1) is 16.1. The normalized spacial score (nSPS) is 17.3. The molecular weight excluding hydrogens is 520 g/mol. The summed E-state index contributed by atoms with van der Waals surface area (Å²) < 4.78 is 0.835. The minimum absolute atomic E-state index is 0.0333. The van der Waals surface area contributed by atoms with Crippen molar-refractivity contribution in [1.29, 1.82) is 0 Å². The van der Waals surface area contributed by atoms with Crippen LogP contribution >= 0.6 is 38.6 Å². The third-order valence-corrected chi connectivity index (χ3v) is 8.09. The summed E-state index contributed by atoms with van der Waals surface area (Å²) in [7, 11) is 0. The first-order valence-corrected chi connectivity index (χ1v) is 12.7. The number of aromatic nitrogens is 1. The van der Waals surface area contributed by atoms with Gasteiger partial charge < -0.3 is 5.11 Å². The highest BCUT2D eigenvalue weighted by atomic mass is 79.9. The van der Waals surface area contributed by atoms with Crippen molar-refractivity contribution in [2.75, 3.05) is 5.01 Å². The predicted molar refractivity (Wildman–Crippen MR) is 133 cm³/mol. The molecule has 0 saturated heterocycles. The molecular formula is C24H15BrN4O2S2. The average molecular weight is 535 g/mol. The van der Waals surface area contributed by atoms with Crippen LogP contribution in [0.1, 0.15) is 27.8 Å². The van der Waals surface area contributed by atoms with Crippen LogP contribution in [0.2, 0.25) is 0 Å². The van der Waals surface area contributed by atoms with Gasteiger partial charge in [0.1, 0.15) is 4.88 Å². The molecule has 2 aromatic carbocycles. The maximum absolute atomic E-state index is 12.7. The van der Waals surface area contributed by atoms with Crippen molar-refractivity contribution in [2.24, 2.45) is 10.1 Å². The molecule has 1 atom stereocenters. The van der Waals surface area contributed by atoms with E-state index in [4.69, 9.17) is 5.10 Å². The van der Waals surface area contributed by atoms with Crippen LogP contribution in [0, 0.1) is 0 Å². The Hall–Kier alpha value is -3.14. The lowest BCUT2D eigenvalue weighted by Gasteiger charge is -2.19. The van der Waals surface area contributed by atoms with Gasteiger partial charge in [-0.05, 0) is 35.2 Å². The fourth-order valence-corrected chi connectivity index (χ4v) is 6.25. The number of hydrogen-bond donors (Lipinski definition) is 1. The molecule has 0 spiro atoms. The highest BCUT2D eigenvalue weighted by Crippen LogP contribution is 2.43. The van der Waals surface area contributed by atoms with Crippen LogP contribution in [-0.2, 0) is 4.79 Å². The molecule has 0 radical (unpaired) electrons.